The van der Waals surface area contributed by atoms with Crippen molar-refractivity contribution in [3.8, 4) is 0 Å². The van der Waals surface area contributed by atoms with Gasteiger partial charge in [0.15, 0.2) is 5.13 Å². The van der Waals surface area contributed by atoms with Crippen LogP contribution in [-0.4, -0.2) is 10.9 Å². The van der Waals surface area contributed by atoms with Crippen LogP contribution in [-0.2, 0) is 11.2 Å². The number of rotatable bonds is 4. The van der Waals surface area contributed by atoms with E-state index in [1.807, 2.05) is 11.4 Å². The Morgan fingerprint density at radius 1 is 1.28 bits per heavy atom. The summed E-state index contributed by atoms with van der Waals surface area (Å²) in [5.74, 6) is -0.0192. The van der Waals surface area contributed by atoms with Crippen LogP contribution in [0.5, 0.6) is 0 Å². The first-order valence-corrected chi connectivity index (χ1v) is 9.62. The van der Waals surface area contributed by atoms with Crippen LogP contribution in [0.2, 0.25) is 0 Å². The quantitative estimate of drug-likeness (QED) is 0.837. The van der Waals surface area contributed by atoms with Crippen LogP contribution in [0.25, 0.3) is 5.57 Å². The van der Waals surface area contributed by atoms with E-state index in [0.717, 1.165) is 17.7 Å². The maximum atomic E-state index is 12.3. The number of amides is 1. The maximum absolute atomic E-state index is 12.3. The number of nitrogens with zero attached hydrogens (tertiary/aromatic N) is 1. The predicted molar refractivity (Wildman–Crippen MR) is 104 cm³/mol. The number of benzene rings is 1. The molecule has 25 heavy (non-hydrogen) atoms. The van der Waals surface area contributed by atoms with Crippen LogP contribution in [0.1, 0.15) is 41.6 Å². The molecule has 0 radical (unpaired) electrons. The fraction of sp³-hybridized carbons (Fsp3) is 0.333. The minimum absolute atomic E-state index is 0.0192. The maximum Gasteiger partial charge on any atom is 0.230 e. The number of carbonyl (C=O) groups excluding carboxylic acids is 1. The Bertz CT molecular complexity index is 887. The molecule has 1 spiro atoms. The molecule has 1 aromatic heterocycles. The van der Waals surface area contributed by atoms with Crippen LogP contribution >= 0.6 is 11.3 Å². The van der Waals surface area contributed by atoms with Gasteiger partial charge in [0.25, 0.3) is 0 Å². The first kappa shape index (κ1) is 16.3. The largest absolute Gasteiger partial charge is 0.302 e. The summed E-state index contributed by atoms with van der Waals surface area (Å²) in [6, 6.07) is 6.15. The second-order valence-electron chi connectivity index (χ2n) is 7.24. The highest BCUT2D eigenvalue weighted by atomic mass is 32.1. The third-order valence-corrected chi connectivity index (χ3v) is 5.98. The van der Waals surface area contributed by atoms with Gasteiger partial charge in [-0.1, -0.05) is 36.4 Å². The van der Waals surface area contributed by atoms with Gasteiger partial charge in [0.1, 0.15) is 0 Å². The highest BCUT2D eigenvalue weighted by Crippen LogP contribution is 2.53. The molecule has 2 aliphatic rings. The van der Waals surface area contributed by atoms with E-state index in [9.17, 15) is 4.79 Å². The van der Waals surface area contributed by atoms with Gasteiger partial charge in [-0.15, -0.1) is 11.3 Å². The van der Waals surface area contributed by atoms with Gasteiger partial charge in [-0.2, -0.15) is 0 Å². The van der Waals surface area contributed by atoms with Crippen LogP contribution in [0.15, 0.2) is 41.8 Å². The fourth-order valence-corrected chi connectivity index (χ4v) is 3.90. The normalized spacial score (nSPS) is 17.4. The van der Waals surface area contributed by atoms with Crippen molar-refractivity contribution in [1.82, 2.24) is 4.98 Å². The molecular formula is C21H22N2OS. The van der Waals surface area contributed by atoms with Gasteiger partial charge in [-0.25, -0.2) is 4.98 Å². The molecule has 1 N–H and O–H groups in total. The fourth-order valence-electron chi connectivity index (χ4n) is 3.16. The van der Waals surface area contributed by atoms with Crippen LogP contribution in [0, 0.1) is 19.3 Å². The van der Waals surface area contributed by atoms with E-state index in [-0.39, 0.29) is 5.91 Å². The Labute approximate surface area is 152 Å². The summed E-state index contributed by atoms with van der Waals surface area (Å²) in [6.45, 7) is 4.15. The van der Waals surface area contributed by atoms with E-state index in [2.05, 4.69) is 54.5 Å². The zero-order valence-corrected chi connectivity index (χ0v) is 15.5. The first-order valence-electron chi connectivity index (χ1n) is 8.74. The van der Waals surface area contributed by atoms with Crippen LogP contribution in [0.4, 0.5) is 5.13 Å². The standard InChI is InChI=1S/C21H22N2OS/c1-14-3-4-16(11-15(14)2)12-19(24)23-20-22-18(13-25-20)17-5-7-21(8-6-17)9-10-21/h3-7,11,13H,8-10,12H2,1-2H3,(H,22,23,24). The lowest BCUT2D eigenvalue weighted by Crippen LogP contribution is -2.14. The van der Waals surface area contributed by atoms with Crippen LogP contribution < -0.4 is 5.32 Å². The molecule has 1 aromatic carbocycles. The molecule has 2 aliphatic carbocycles. The lowest BCUT2D eigenvalue weighted by atomic mass is 9.93. The number of carbonyl (C=O) groups is 1. The third kappa shape index (κ3) is 3.59. The van der Waals surface area contributed by atoms with Crippen molar-refractivity contribution in [2.75, 3.05) is 5.32 Å². The molecule has 0 saturated heterocycles. The number of nitrogens with one attached hydrogen (secondary N) is 1. The Hall–Kier alpha value is -2.20. The molecule has 1 amide bonds. The number of thiazole rings is 1. The van der Waals surface area contributed by atoms with Crippen molar-refractivity contribution in [2.24, 2.45) is 5.41 Å². The minimum Gasteiger partial charge on any atom is -0.302 e. The van der Waals surface area contributed by atoms with Crippen molar-refractivity contribution in [3.63, 3.8) is 0 Å². The molecule has 0 unspecified atom stereocenters. The Morgan fingerprint density at radius 2 is 2.12 bits per heavy atom. The summed E-state index contributed by atoms with van der Waals surface area (Å²) in [5.41, 5.74) is 6.08. The van der Waals surface area contributed by atoms with E-state index in [1.165, 1.54) is 40.9 Å². The minimum atomic E-state index is -0.0192. The molecule has 0 atom stereocenters. The average Bonchev–Trinajstić information content (AvgIpc) is 3.17. The summed E-state index contributed by atoms with van der Waals surface area (Å²) in [5, 5.41) is 5.62. The first-order chi connectivity index (χ1) is 12.0. The smallest absolute Gasteiger partial charge is 0.230 e. The van der Waals surface area contributed by atoms with E-state index in [4.69, 9.17) is 0 Å². The zero-order chi connectivity index (χ0) is 17.4. The van der Waals surface area contributed by atoms with Crippen molar-refractivity contribution in [2.45, 2.75) is 39.5 Å². The van der Waals surface area contributed by atoms with Gasteiger partial charge in [0.2, 0.25) is 5.91 Å². The molecule has 4 rings (SSSR count). The average molecular weight is 350 g/mol. The highest BCUT2D eigenvalue weighted by Gasteiger charge is 2.40. The summed E-state index contributed by atoms with van der Waals surface area (Å²) in [7, 11) is 0. The molecule has 1 saturated carbocycles. The highest BCUT2D eigenvalue weighted by molar-refractivity contribution is 7.14. The van der Waals surface area contributed by atoms with E-state index < -0.39 is 0 Å². The molecule has 2 aromatic rings. The molecule has 1 heterocycles. The number of aromatic nitrogens is 1. The summed E-state index contributed by atoms with van der Waals surface area (Å²) >= 11 is 1.49. The van der Waals surface area contributed by atoms with Crippen LogP contribution in [0.3, 0.4) is 0 Å². The Morgan fingerprint density at radius 3 is 2.80 bits per heavy atom. The van der Waals surface area contributed by atoms with Gasteiger partial charge >= 0.3 is 0 Å². The molecule has 3 nitrogen and oxygen atoms in total. The summed E-state index contributed by atoms with van der Waals surface area (Å²) in [6.07, 6.45) is 10.9. The number of hydrogen-bond acceptors (Lipinski definition) is 3. The van der Waals surface area contributed by atoms with Gasteiger partial charge in [-0.05, 0) is 60.8 Å². The van der Waals surface area contributed by atoms with E-state index in [1.54, 1.807) is 0 Å². The molecule has 0 bridgehead atoms. The van der Waals surface area contributed by atoms with Crippen molar-refractivity contribution in [3.05, 3.63) is 64.2 Å². The molecule has 4 heteroatoms. The van der Waals surface area contributed by atoms with Gasteiger partial charge < -0.3 is 5.32 Å². The van der Waals surface area contributed by atoms with E-state index >= 15 is 0 Å². The lowest BCUT2D eigenvalue weighted by Gasteiger charge is -2.12. The molecule has 1 fully saturated rings. The summed E-state index contributed by atoms with van der Waals surface area (Å²) in [4.78, 5) is 16.9. The second-order valence-corrected chi connectivity index (χ2v) is 8.10. The molecule has 128 valence electrons. The SMILES string of the molecule is Cc1ccc(CC(=O)Nc2nc(C3=CCC4(C=C3)CC4)cs2)cc1C. The zero-order valence-electron chi connectivity index (χ0n) is 14.6. The number of aryl methyl sites for hydroxylation is 2. The van der Waals surface area contributed by atoms with Crippen molar-refractivity contribution < 1.29 is 4.79 Å². The van der Waals surface area contributed by atoms with Gasteiger partial charge in [0.05, 0.1) is 12.1 Å². The molecular weight excluding hydrogens is 328 g/mol. The van der Waals surface area contributed by atoms with E-state index in [0.29, 0.717) is 17.0 Å². The summed E-state index contributed by atoms with van der Waals surface area (Å²) < 4.78 is 0. The lowest BCUT2D eigenvalue weighted by molar-refractivity contribution is -0.115. The topological polar surface area (TPSA) is 42.0 Å². The third-order valence-electron chi connectivity index (χ3n) is 5.22. The predicted octanol–water partition coefficient (Wildman–Crippen LogP) is 5.06. The Kier molecular flexibility index (Phi) is 4.08. The number of allylic oxidation sites excluding steroid dienone is 4. The van der Waals surface area contributed by atoms with Crippen molar-refractivity contribution in [1.29, 1.82) is 0 Å². The number of anilines is 1. The second kappa shape index (κ2) is 6.26. The van der Waals surface area contributed by atoms with Gasteiger partial charge in [0, 0.05) is 5.38 Å². The molecule has 0 aliphatic heterocycles. The number of hydrogen-bond donors (Lipinski definition) is 1. The van der Waals surface area contributed by atoms with Crippen molar-refractivity contribution >= 4 is 27.9 Å². The Balaban J connectivity index is 1.39. The monoisotopic (exact) mass is 350 g/mol. The van der Waals surface area contributed by atoms with Gasteiger partial charge in [-0.3, -0.25) is 4.79 Å².